The molecule has 9 heteroatoms. The summed E-state index contributed by atoms with van der Waals surface area (Å²) < 4.78 is 10.5. The summed E-state index contributed by atoms with van der Waals surface area (Å²) in [6.07, 6.45) is 2.24. The third kappa shape index (κ3) is 5.35. The number of aromatic nitrogens is 3. The van der Waals surface area contributed by atoms with Crippen LogP contribution in [0.3, 0.4) is 0 Å². The van der Waals surface area contributed by atoms with E-state index >= 15 is 0 Å². The van der Waals surface area contributed by atoms with Gasteiger partial charge in [0.2, 0.25) is 0 Å². The first-order valence-electron chi connectivity index (χ1n) is 8.83. The Kier molecular flexibility index (Phi) is 6.50. The van der Waals surface area contributed by atoms with Crippen molar-refractivity contribution >= 4 is 28.9 Å². The van der Waals surface area contributed by atoms with Gasteiger partial charge < -0.3 is 14.8 Å². The van der Waals surface area contributed by atoms with Gasteiger partial charge in [-0.3, -0.25) is 9.59 Å². The highest BCUT2D eigenvalue weighted by atomic mass is 32.1. The SMILES string of the molecule is COc1ccc(C)cc1NC(=O)[C@@H](C)OC(=O)Cc1csc(-c2ncccn2)n1. The first-order valence-corrected chi connectivity index (χ1v) is 9.71. The van der Waals surface area contributed by atoms with Crippen molar-refractivity contribution in [3.05, 3.63) is 53.3 Å². The van der Waals surface area contributed by atoms with Gasteiger partial charge in [0.15, 0.2) is 16.9 Å². The van der Waals surface area contributed by atoms with Crippen LogP contribution in [0.5, 0.6) is 5.75 Å². The Morgan fingerprint density at radius 2 is 2.00 bits per heavy atom. The lowest BCUT2D eigenvalue weighted by Gasteiger charge is -2.15. The van der Waals surface area contributed by atoms with Crippen molar-refractivity contribution in [1.29, 1.82) is 0 Å². The number of methoxy groups -OCH3 is 1. The van der Waals surface area contributed by atoms with Crippen LogP contribution in [-0.4, -0.2) is 40.0 Å². The molecule has 0 bridgehead atoms. The molecule has 0 spiro atoms. The van der Waals surface area contributed by atoms with Gasteiger partial charge in [0.1, 0.15) is 5.75 Å². The van der Waals surface area contributed by atoms with E-state index in [-0.39, 0.29) is 6.42 Å². The molecule has 1 amide bonds. The van der Waals surface area contributed by atoms with Crippen molar-refractivity contribution in [2.45, 2.75) is 26.4 Å². The van der Waals surface area contributed by atoms with Gasteiger partial charge in [-0.2, -0.15) is 0 Å². The van der Waals surface area contributed by atoms with Crippen molar-refractivity contribution in [3.8, 4) is 16.6 Å². The summed E-state index contributed by atoms with van der Waals surface area (Å²) in [4.78, 5) is 37.2. The van der Waals surface area contributed by atoms with E-state index in [1.54, 1.807) is 36.0 Å². The van der Waals surface area contributed by atoms with Crippen LogP contribution in [0.2, 0.25) is 0 Å². The van der Waals surface area contributed by atoms with Gasteiger partial charge in [0.25, 0.3) is 5.91 Å². The van der Waals surface area contributed by atoms with E-state index in [0.29, 0.717) is 28.0 Å². The number of aryl methyl sites for hydroxylation is 1. The highest BCUT2D eigenvalue weighted by Crippen LogP contribution is 2.25. The number of nitrogens with zero attached hydrogens (tertiary/aromatic N) is 3. The van der Waals surface area contributed by atoms with E-state index < -0.39 is 18.0 Å². The predicted octanol–water partition coefficient (Wildman–Crippen LogP) is 3.03. The molecule has 1 aromatic carbocycles. The molecule has 0 aliphatic rings. The van der Waals surface area contributed by atoms with Gasteiger partial charge in [0.05, 0.1) is 24.9 Å². The van der Waals surface area contributed by atoms with E-state index in [9.17, 15) is 9.59 Å². The third-order valence-corrected chi connectivity index (χ3v) is 4.81. The minimum absolute atomic E-state index is 0.0469. The van der Waals surface area contributed by atoms with Crippen molar-refractivity contribution < 1.29 is 19.1 Å². The quantitative estimate of drug-likeness (QED) is 0.595. The molecule has 2 aromatic heterocycles. The van der Waals surface area contributed by atoms with Crippen molar-refractivity contribution in [2.75, 3.05) is 12.4 Å². The Morgan fingerprint density at radius 3 is 2.72 bits per heavy atom. The number of esters is 1. The van der Waals surface area contributed by atoms with Gasteiger partial charge in [-0.15, -0.1) is 11.3 Å². The maximum atomic E-state index is 12.4. The van der Waals surface area contributed by atoms with E-state index in [0.717, 1.165) is 5.56 Å². The number of carbonyl (C=O) groups is 2. The fourth-order valence-corrected chi connectivity index (χ4v) is 3.26. The summed E-state index contributed by atoms with van der Waals surface area (Å²) >= 11 is 1.34. The zero-order valence-corrected chi connectivity index (χ0v) is 17.0. The average molecular weight is 412 g/mol. The molecule has 0 fully saturated rings. The van der Waals surface area contributed by atoms with Crippen LogP contribution in [0, 0.1) is 6.92 Å². The fraction of sp³-hybridized carbons (Fsp3) is 0.250. The lowest BCUT2D eigenvalue weighted by Crippen LogP contribution is -2.30. The third-order valence-electron chi connectivity index (χ3n) is 3.92. The summed E-state index contributed by atoms with van der Waals surface area (Å²) in [5.41, 5.74) is 2.02. The molecule has 0 aliphatic carbocycles. The zero-order valence-electron chi connectivity index (χ0n) is 16.2. The number of benzene rings is 1. The number of rotatable bonds is 7. The largest absolute Gasteiger partial charge is 0.495 e. The summed E-state index contributed by atoms with van der Waals surface area (Å²) in [5.74, 6) is 0.0335. The molecular weight excluding hydrogens is 392 g/mol. The van der Waals surface area contributed by atoms with Gasteiger partial charge in [-0.1, -0.05) is 6.07 Å². The van der Waals surface area contributed by atoms with Gasteiger partial charge in [0, 0.05) is 17.8 Å². The Hall–Kier alpha value is -3.33. The fourth-order valence-electron chi connectivity index (χ4n) is 2.49. The van der Waals surface area contributed by atoms with Gasteiger partial charge in [-0.25, -0.2) is 15.0 Å². The second-order valence-corrected chi connectivity index (χ2v) is 7.08. The summed E-state index contributed by atoms with van der Waals surface area (Å²) in [6, 6.07) is 7.14. The number of thiazole rings is 1. The predicted molar refractivity (Wildman–Crippen MR) is 109 cm³/mol. The van der Waals surface area contributed by atoms with E-state index in [1.165, 1.54) is 25.4 Å². The summed E-state index contributed by atoms with van der Waals surface area (Å²) in [6.45, 7) is 3.42. The maximum absolute atomic E-state index is 12.4. The summed E-state index contributed by atoms with van der Waals surface area (Å²) in [7, 11) is 1.52. The minimum Gasteiger partial charge on any atom is -0.495 e. The number of ether oxygens (including phenoxy) is 2. The zero-order chi connectivity index (χ0) is 20.8. The Morgan fingerprint density at radius 1 is 1.24 bits per heavy atom. The molecule has 3 rings (SSSR count). The first kappa shape index (κ1) is 20.4. The molecule has 29 heavy (non-hydrogen) atoms. The minimum atomic E-state index is -0.969. The maximum Gasteiger partial charge on any atom is 0.312 e. The number of amides is 1. The van der Waals surface area contributed by atoms with E-state index in [4.69, 9.17) is 9.47 Å². The Bertz CT molecular complexity index is 1010. The molecule has 1 N–H and O–H groups in total. The second kappa shape index (κ2) is 9.24. The van der Waals surface area contributed by atoms with Crippen molar-refractivity contribution in [3.63, 3.8) is 0 Å². The molecule has 0 aliphatic heterocycles. The normalized spacial score (nSPS) is 11.6. The molecule has 0 radical (unpaired) electrons. The molecule has 3 aromatic rings. The van der Waals surface area contributed by atoms with E-state index in [1.807, 2.05) is 13.0 Å². The van der Waals surface area contributed by atoms with Crippen LogP contribution < -0.4 is 10.1 Å². The molecule has 1 atom stereocenters. The monoisotopic (exact) mass is 412 g/mol. The number of nitrogens with one attached hydrogen (secondary N) is 1. The summed E-state index contributed by atoms with van der Waals surface area (Å²) in [5, 5.41) is 5.09. The van der Waals surface area contributed by atoms with Gasteiger partial charge >= 0.3 is 5.97 Å². The average Bonchev–Trinajstić information content (AvgIpc) is 3.17. The lowest BCUT2D eigenvalue weighted by molar-refractivity contribution is -0.152. The number of carbonyl (C=O) groups excluding carboxylic acids is 2. The first-order chi connectivity index (χ1) is 14.0. The van der Waals surface area contributed by atoms with Crippen LogP contribution >= 0.6 is 11.3 Å². The van der Waals surface area contributed by atoms with E-state index in [2.05, 4.69) is 20.3 Å². The molecule has 150 valence electrons. The molecule has 0 saturated carbocycles. The molecule has 8 nitrogen and oxygen atoms in total. The molecule has 0 unspecified atom stereocenters. The molecule has 0 saturated heterocycles. The Balaban J connectivity index is 1.57. The van der Waals surface area contributed by atoms with Crippen LogP contribution in [-0.2, 0) is 20.7 Å². The number of hydrogen-bond acceptors (Lipinski definition) is 8. The second-order valence-electron chi connectivity index (χ2n) is 6.22. The smallest absolute Gasteiger partial charge is 0.312 e. The lowest BCUT2D eigenvalue weighted by atomic mass is 10.2. The van der Waals surface area contributed by atoms with Crippen LogP contribution in [0.15, 0.2) is 42.0 Å². The molecular formula is C20H20N4O4S. The van der Waals surface area contributed by atoms with Crippen LogP contribution in [0.25, 0.3) is 10.8 Å². The topological polar surface area (TPSA) is 103 Å². The Labute approximate surface area is 171 Å². The highest BCUT2D eigenvalue weighted by molar-refractivity contribution is 7.13. The van der Waals surface area contributed by atoms with Crippen LogP contribution in [0.1, 0.15) is 18.2 Å². The van der Waals surface area contributed by atoms with Gasteiger partial charge in [-0.05, 0) is 37.6 Å². The van der Waals surface area contributed by atoms with Crippen LogP contribution in [0.4, 0.5) is 5.69 Å². The number of hydrogen-bond donors (Lipinski definition) is 1. The highest BCUT2D eigenvalue weighted by Gasteiger charge is 2.20. The molecule has 2 heterocycles. The standard InChI is InChI=1S/C20H20N4O4S/c1-12-5-6-16(27-3)15(9-12)24-19(26)13(2)28-17(25)10-14-11-29-20(23-14)18-21-7-4-8-22-18/h4-9,11,13H,10H2,1-3H3,(H,24,26)/t13-/m1/s1. The van der Waals surface area contributed by atoms with Crippen molar-refractivity contribution in [1.82, 2.24) is 15.0 Å². The number of anilines is 1. The van der Waals surface area contributed by atoms with Crippen molar-refractivity contribution in [2.24, 2.45) is 0 Å².